The maximum absolute atomic E-state index is 14.7. The van der Waals surface area contributed by atoms with Gasteiger partial charge in [-0.25, -0.2) is 18.4 Å². The molecule has 2 atom stereocenters. The average Bonchev–Trinajstić information content (AvgIpc) is 3.23. The van der Waals surface area contributed by atoms with E-state index in [1.807, 2.05) is 18.2 Å². The first kappa shape index (κ1) is 20.3. The van der Waals surface area contributed by atoms with Crippen molar-refractivity contribution in [3.63, 3.8) is 0 Å². The van der Waals surface area contributed by atoms with Gasteiger partial charge in [0.2, 0.25) is 0 Å². The highest BCUT2D eigenvalue weighted by Crippen LogP contribution is 2.59. The van der Waals surface area contributed by atoms with Crippen LogP contribution in [-0.4, -0.2) is 20.5 Å². The van der Waals surface area contributed by atoms with Crippen molar-refractivity contribution in [1.82, 2.24) is 14.8 Å². The summed E-state index contributed by atoms with van der Waals surface area (Å²) in [6.45, 7) is 2.38. The van der Waals surface area contributed by atoms with Gasteiger partial charge in [0, 0.05) is 28.0 Å². The second-order valence-electron chi connectivity index (χ2n) is 6.94. The smallest absolute Gasteiger partial charge is 0.186 e. The third-order valence-electron chi connectivity index (χ3n) is 4.96. The van der Waals surface area contributed by atoms with Crippen LogP contribution in [-0.2, 0) is 16.9 Å². The molecule has 0 N–H and O–H groups in total. The van der Waals surface area contributed by atoms with Gasteiger partial charge in [-0.3, -0.25) is 0 Å². The number of hydrogen-bond donors (Lipinski definition) is 0. The summed E-state index contributed by atoms with van der Waals surface area (Å²) in [6, 6.07) is 10.9. The van der Waals surface area contributed by atoms with E-state index < -0.39 is 23.3 Å². The van der Waals surface area contributed by atoms with Crippen molar-refractivity contribution >= 4 is 23.4 Å². The highest BCUT2D eigenvalue weighted by Gasteiger charge is 2.61. The van der Waals surface area contributed by atoms with Crippen molar-refractivity contribution in [2.75, 3.05) is 5.75 Å². The summed E-state index contributed by atoms with van der Waals surface area (Å²) < 4.78 is 36.1. The standard InChI is InChI=1S/C21H20ClF2N3OS/c1-2-3-10-29-20-25-13-26-27(20)12-21(16-9-8-14(23)11-18(16)24)19(28-21)15-6-4-5-7-17(15)22/h4-9,11,13,19H,2-3,10,12H2,1H3/t19-,21+/m1/s1. The van der Waals surface area contributed by atoms with E-state index in [2.05, 4.69) is 17.0 Å². The summed E-state index contributed by atoms with van der Waals surface area (Å²) in [4.78, 5) is 4.32. The third-order valence-corrected chi connectivity index (χ3v) is 6.37. The van der Waals surface area contributed by atoms with Crippen LogP contribution < -0.4 is 0 Å². The van der Waals surface area contributed by atoms with Gasteiger partial charge in [0.25, 0.3) is 0 Å². The van der Waals surface area contributed by atoms with Gasteiger partial charge in [-0.05, 0) is 18.6 Å². The summed E-state index contributed by atoms with van der Waals surface area (Å²) >= 11 is 7.97. The molecule has 1 aromatic heterocycles. The van der Waals surface area contributed by atoms with Gasteiger partial charge in [-0.15, -0.1) is 0 Å². The molecule has 2 heterocycles. The van der Waals surface area contributed by atoms with Crippen LogP contribution in [0.5, 0.6) is 0 Å². The summed E-state index contributed by atoms with van der Waals surface area (Å²) in [5.74, 6) is -0.366. The number of halogens is 3. The van der Waals surface area contributed by atoms with Crippen LogP contribution >= 0.6 is 23.4 Å². The average molecular weight is 436 g/mol. The number of ether oxygens (including phenoxy) is 1. The van der Waals surface area contributed by atoms with Crippen molar-refractivity contribution < 1.29 is 13.5 Å². The molecular formula is C21H20ClF2N3OS. The Hall–Kier alpha value is -1.96. The third kappa shape index (κ3) is 4.04. The summed E-state index contributed by atoms with van der Waals surface area (Å²) in [5, 5.41) is 5.60. The Labute approximate surface area is 177 Å². The van der Waals surface area contributed by atoms with E-state index in [0.29, 0.717) is 5.02 Å². The molecule has 0 aliphatic carbocycles. The molecule has 152 valence electrons. The zero-order chi connectivity index (χ0) is 20.4. The van der Waals surface area contributed by atoms with E-state index in [-0.39, 0.29) is 12.1 Å². The maximum Gasteiger partial charge on any atom is 0.186 e. The lowest BCUT2D eigenvalue weighted by molar-refractivity contribution is 0.250. The lowest BCUT2D eigenvalue weighted by atomic mass is 9.91. The number of thioether (sulfide) groups is 1. The predicted molar refractivity (Wildman–Crippen MR) is 109 cm³/mol. The number of benzene rings is 2. The zero-order valence-corrected chi connectivity index (χ0v) is 17.4. The topological polar surface area (TPSA) is 43.2 Å². The molecule has 1 aliphatic rings. The van der Waals surface area contributed by atoms with Gasteiger partial charge < -0.3 is 4.74 Å². The lowest BCUT2D eigenvalue weighted by Crippen LogP contribution is -2.22. The molecule has 1 aliphatic heterocycles. The molecule has 3 aromatic rings. The number of unbranched alkanes of at least 4 members (excludes halogenated alkanes) is 1. The number of nitrogens with zero attached hydrogens (tertiary/aromatic N) is 3. The fourth-order valence-electron chi connectivity index (χ4n) is 3.43. The van der Waals surface area contributed by atoms with Crippen LogP contribution in [0.4, 0.5) is 8.78 Å². The van der Waals surface area contributed by atoms with Gasteiger partial charge in [0.1, 0.15) is 29.7 Å². The molecule has 0 saturated carbocycles. The maximum atomic E-state index is 14.7. The Morgan fingerprint density at radius 3 is 2.83 bits per heavy atom. The molecule has 1 saturated heterocycles. The molecule has 4 nitrogen and oxygen atoms in total. The first-order valence-corrected chi connectivity index (χ1v) is 10.8. The number of hydrogen-bond acceptors (Lipinski definition) is 4. The highest BCUT2D eigenvalue weighted by atomic mass is 35.5. The van der Waals surface area contributed by atoms with Crippen LogP contribution in [0.2, 0.25) is 5.02 Å². The second kappa shape index (κ2) is 8.42. The summed E-state index contributed by atoms with van der Waals surface area (Å²) in [6.07, 6.45) is 3.17. The van der Waals surface area contributed by atoms with Crippen LogP contribution in [0.15, 0.2) is 53.9 Å². The minimum Gasteiger partial charge on any atom is -0.354 e. The molecule has 1 fully saturated rings. The van der Waals surface area contributed by atoms with Crippen LogP contribution in [0.1, 0.15) is 37.0 Å². The molecular weight excluding hydrogens is 416 g/mol. The van der Waals surface area contributed by atoms with Gasteiger partial charge in [-0.1, -0.05) is 61.0 Å². The number of rotatable bonds is 8. The van der Waals surface area contributed by atoms with Gasteiger partial charge >= 0.3 is 0 Å². The van der Waals surface area contributed by atoms with E-state index in [0.717, 1.165) is 35.4 Å². The van der Waals surface area contributed by atoms with E-state index in [4.69, 9.17) is 16.3 Å². The van der Waals surface area contributed by atoms with Crippen molar-refractivity contribution in [3.05, 3.63) is 76.6 Å². The number of epoxide rings is 1. The van der Waals surface area contributed by atoms with Crippen molar-refractivity contribution in [2.24, 2.45) is 0 Å². The minimum absolute atomic E-state index is 0.250. The van der Waals surface area contributed by atoms with E-state index in [9.17, 15) is 8.78 Å². The first-order chi connectivity index (χ1) is 14.0. The molecule has 0 unspecified atom stereocenters. The normalized spacial score (nSPS) is 20.8. The largest absolute Gasteiger partial charge is 0.354 e. The summed E-state index contributed by atoms with van der Waals surface area (Å²) in [5.41, 5.74) is 0.0123. The van der Waals surface area contributed by atoms with Crippen LogP contribution in [0.25, 0.3) is 0 Å². The highest BCUT2D eigenvalue weighted by molar-refractivity contribution is 7.99. The molecule has 4 rings (SSSR count). The second-order valence-corrected chi connectivity index (χ2v) is 8.40. The van der Waals surface area contributed by atoms with Gasteiger partial charge in [0.15, 0.2) is 5.16 Å². The van der Waals surface area contributed by atoms with E-state index in [1.54, 1.807) is 22.5 Å². The van der Waals surface area contributed by atoms with E-state index >= 15 is 0 Å². The molecule has 29 heavy (non-hydrogen) atoms. The molecule has 0 radical (unpaired) electrons. The Morgan fingerprint density at radius 1 is 1.24 bits per heavy atom. The predicted octanol–water partition coefficient (Wildman–Crippen LogP) is 5.77. The van der Waals surface area contributed by atoms with Gasteiger partial charge in [-0.2, -0.15) is 5.10 Å². The van der Waals surface area contributed by atoms with Crippen LogP contribution in [0, 0.1) is 11.6 Å². The van der Waals surface area contributed by atoms with Gasteiger partial charge in [0.05, 0.1) is 6.54 Å². The molecule has 0 bridgehead atoms. The quantitative estimate of drug-likeness (QED) is 0.256. The fraction of sp³-hybridized carbons (Fsp3) is 0.333. The van der Waals surface area contributed by atoms with Crippen molar-refractivity contribution in [1.29, 1.82) is 0 Å². The Kier molecular flexibility index (Phi) is 5.90. The molecule has 0 spiro atoms. The molecule has 8 heteroatoms. The Balaban J connectivity index is 1.70. The van der Waals surface area contributed by atoms with Crippen LogP contribution in [0.3, 0.4) is 0 Å². The first-order valence-electron chi connectivity index (χ1n) is 9.43. The number of aromatic nitrogens is 3. The van der Waals surface area contributed by atoms with Crippen molar-refractivity contribution in [3.8, 4) is 0 Å². The molecule has 2 aromatic carbocycles. The summed E-state index contributed by atoms with van der Waals surface area (Å²) in [7, 11) is 0. The Bertz CT molecular complexity index is 1020. The molecule has 0 amide bonds. The monoisotopic (exact) mass is 435 g/mol. The SMILES string of the molecule is CCCCSc1ncnn1C[C@@]1(c2ccc(F)cc2F)O[C@@H]1c1ccccc1Cl. The Morgan fingerprint density at radius 2 is 2.07 bits per heavy atom. The van der Waals surface area contributed by atoms with Crippen molar-refractivity contribution in [2.45, 2.75) is 43.2 Å². The lowest BCUT2D eigenvalue weighted by Gasteiger charge is -2.16. The zero-order valence-electron chi connectivity index (χ0n) is 15.8. The fourth-order valence-corrected chi connectivity index (χ4v) is 4.66. The minimum atomic E-state index is -1.03. The van der Waals surface area contributed by atoms with E-state index in [1.165, 1.54) is 18.5 Å².